The maximum absolute atomic E-state index is 12.7. The number of amides is 1. The Labute approximate surface area is 158 Å². The lowest BCUT2D eigenvalue weighted by molar-refractivity contribution is -0.0388. The Morgan fingerprint density at radius 2 is 2.04 bits per heavy atom. The molecule has 0 saturated carbocycles. The summed E-state index contributed by atoms with van der Waals surface area (Å²) in [5.41, 5.74) is 0.890. The molecule has 7 nitrogen and oxygen atoms in total. The van der Waals surface area contributed by atoms with Gasteiger partial charge in [-0.15, -0.1) is 0 Å². The van der Waals surface area contributed by atoms with Gasteiger partial charge in [-0.2, -0.15) is 5.26 Å². The Morgan fingerprint density at radius 1 is 1.26 bits per heavy atom. The van der Waals surface area contributed by atoms with Gasteiger partial charge in [0.1, 0.15) is 0 Å². The van der Waals surface area contributed by atoms with E-state index in [1.165, 1.54) is 0 Å². The summed E-state index contributed by atoms with van der Waals surface area (Å²) < 4.78 is 6.14. The number of nitrogens with zero attached hydrogens (tertiary/aromatic N) is 4. The summed E-state index contributed by atoms with van der Waals surface area (Å²) in [5, 5.41) is 12.3. The number of anilines is 1. The van der Waals surface area contributed by atoms with E-state index in [-0.39, 0.29) is 17.6 Å². The van der Waals surface area contributed by atoms with Crippen molar-refractivity contribution in [1.82, 2.24) is 14.9 Å². The van der Waals surface area contributed by atoms with Crippen molar-refractivity contribution in [3.63, 3.8) is 0 Å². The summed E-state index contributed by atoms with van der Waals surface area (Å²) in [5.74, 6) is 0.598. The molecule has 1 atom stereocenters. The van der Waals surface area contributed by atoms with E-state index >= 15 is 0 Å². The summed E-state index contributed by atoms with van der Waals surface area (Å²) >= 11 is 0. The fourth-order valence-corrected chi connectivity index (χ4v) is 3.86. The number of hydrogen-bond acceptors (Lipinski definition) is 6. The van der Waals surface area contributed by atoms with Gasteiger partial charge in [0.25, 0.3) is 5.91 Å². The van der Waals surface area contributed by atoms with Crippen LogP contribution >= 0.6 is 0 Å². The van der Waals surface area contributed by atoms with Gasteiger partial charge in [0.05, 0.1) is 29.9 Å². The van der Waals surface area contributed by atoms with Crippen LogP contribution in [0.4, 0.5) is 5.95 Å². The summed E-state index contributed by atoms with van der Waals surface area (Å²) in [4.78, 5) is 23.0. The smallest absolute Gasteiger partial charge is 0.253 e. The van der Waals surface area contributed by atoms with E-state index in [1.807, 2.05) is 4.90 Å². The molecule has 27 heavy (non-hydrogen) atoms. The average Bonchev–Trinajstić information content (AvgIpc) is 3.11. The van der Waals surface area contributed by atoms with Crippen molar-refractivity contribution in [2.75, 3.05) is 25.0 Å². The van der Waals surface area contributed by atoms with Crippen LogP contribution in [0.25, 0.3) is 0 Å². The van der Waals surface area contributed by atoms with Crippen molar-refractivity contribution in [1.29, 1.82) is 5.26 Å². The number of rotatable bonds is 3. The second-order valence-electron chi connectivity index (χ2n) is 7.10. The van der Waals surface area contributed by atoms with Gasteiger partial charge < -0.3 is 15.0 Å². The highest BCUT2D eigenvalue weighted by molar-refractivity contribution is 5.94. The molecule has 1 aromatic heterocycles. The minimum Gasteiger partial charge on any atom is -0.373 e. The summed E-state index contributed by atoms with van der Waals surface area (Å²) in [6, 6.07) is 10.9. The molecule has 2 aliphatic rings. The molecule has 138 valence electrons. The van der Waals surface area contributed by atoms with Crippen molar-refractivity contribution in [3.05, 3.63) is 53.9 Å². The topological polar surface area (TPSA) is 91.1 Å². The first-order valence-electron chi connectivity index (χ1n) is 9.14. The van der Waals surface area contributed by atoms with Crippen molar-refractivity contribution in [3.8, 4) is 6.07 Å². The lowest BCUT2D eigenvalue weighted by atomic mass is 9.87. The fourth-order valence-electron chi connectivity index (χ4n) is 3.86. The molecule has 2 fully saturated rings. The summed E-state index contributed by atoms with van der Waals surface area (Å²) in [7, 11) is 0. The molecule has 1 N–H and O–H groups in total. The molecule has 0 aliphatic carbocycles. The molecular formula is C20H21N5O2. The van der Waals surface area contributed by atoms with E-state index in [0.29, 0.717) is 36.8 Å². The Morgan fingerprint density at radius 3 is 2.78 bits per heavy atom. The highest BCUT2D eigenvalue weighted by Crippen LogP contribution is 2.37. The number of carbonyl (C=O) groups is 1. The standard InChI is InChI=1S/C20H21N5O2/c21-13-15-3-1-4-16(11-15)18(26)25-9-5-20(6-10-25)12-17(14-27-20)24-19-22-7-2-8-23-19/h1-4,7-8,11,17H,5-6,9-10,12,14H2,(H,22,23,24)/t17-/m1/s1. The molecule has 0 bridgehead atoms. The maximum atomic E-state index is 12.7. The first-order valence-corrected chi connectivity index (χ1v) is 9.14. The number of hydrogen-bond donors (Lipinski definition) is 1. The predicted molar refractivity (Wildman–Crippen MR) is 99.0 cm³/mol. The van der Waals surface area contributed by atoms with E-state index in [1.54, 1.807) is 42.7 Å². The van der Waals surface area contributed by atoms with Gasteiger partial charge in [-0.1, -0.05) is 6.07 Å². The molecule has 0 radical (unpaired) electrons. The summed E-state index contributed by atoms with van der Waals surface area (Å²) in [6.07, 6.45) is 5.94. The van der Waals surface area contributed by atoms with E-state index < -0.39 is 0 Å². The van der Waals surface area contributed by atoms with E-state index in [9.17, 15) is 4.79 Å². The third-order valence-electron chi connectivity index (χ3n) is 5.31. The number of carbonyl (C=O) groups excluding carboxylic acids is 1. The molecular weight excluding hydrogens is 342 g/mol. The number of nitrogens with one attached hydrogen (secondary N) is 1. The van der Waals surface area contributed by atoms with Crippen molar-refractivity contribution in [2.45, 2.75) is 30.9 Å². The van der Waals surface area contributed by atoms with Crippen LogP contribution in [0.5, 0.6) is 0 Å². The molecule has 1 spiro atoms. The van der Waals surface area contributed by atoms with Crippen LogP contribution in [0, 0.1) is 11.3 Å². The molecule has 1 aromatic carbocycles. The van der Waals surface area contributed by atoms with Gasteiger partial charge >= 0.3 is 0 Å². The number of piperidine rings is 1. The van der Waals surface area contributed by atoms with Gasteiger partial charge in [-0.05, 0) is 43.5 Å². The fraction of sp³-hybridized carbons (Fsp3) is 0.400. The monoisotopic (exact) mass is 363 g/mol. The SMILES string of the molecule is N#Cc1cccc(C(=O)N2CCC3(CC2)C[C@@H](Nc2ncccn2)CO3)c1. The van der Waals surface area contributed by atoms with Crippen molar-refractivity contribution < 1.29 is 9.53 Å². The summed E-state index contributed by atoms with van der Waals surface area (Å²) in [6.45, 7) is 1.94. The van der Waals surface area contributed by atoms with Crippen LogP contribution in [0.3, 0.4) is 0 Å². The van der Waals surface area contributed by atoms with Crippen LogP contribution < -0.4 is 5.32 Å². The van der Waals surface area contributed by atoms with Crippen LogP contribution in [0.1, 0.15) is 35.2 Å². The zero-order chi connectivity index (χ0) is 18.7. The molecule has 3 heterocycles. The first-order chi connectivity index (χ1) is 13.2. The quantitative estimate of drug-likeness (QED) is 0.899. The zero-order valence-corrected chi connectivity index (χ0v) is 15.0. The van der Waals surface area contributed by atoms with Crippen LogP contribution in [0.15, 0.2) is 42.7 Å². The Bertz CT molecular complexity index is 856. The average molecular weight is 363 g/mol. The minimum atomic E-state index is -0.183. The van der Waals surface area contributed by atoms with Crippen LogP contribution in [-0.2, 0) is 4.74 Å². The van der Waals surface area contributed by atoms with Crippen molar-refractivity contribution >= 4 is 11.9 Å². The van der Waals surface area contributed by atoms with Gasteiger partial charge in [-0.25, -0.2) is 9.97 Å². The predicted octanol–water partition coefficient (Wildman–Crippen LogP) is 2.22. The largest absolute Gasteiger partial charge is 0.373 e. The first kappa shape index (κ1) is 17.4. The minimum absolute atomic E-state index is 0.0210. The number of aromatic nitrogens is 2. The zero-order valence-electron chi connectivity index (χ0n) is 15.0. The molecule has 0 unspecified atom stereocenters. The van der Waals surface area contributed by atoms with Gasteiger partial charge in [-0.3, -0.25) is 4.79 Å². The molecule has 2 aromatic rings. The van der Waals surface area contributed by atoms with Crippen molar-refractivity contribution in [2.24, 2.45) is 0 Å². The number of ether oxygens (including phenoxy) is 1. The second kappa shape index (κ2) is 7.33. The second-order valence-corrected chi connectivity index (χ2v) is 7.10. The highest BCUT2D eigenvalue weighted by Gasteiger charge is 2.43. The number of benzene rings is 1. The Balaban J connectivity index is 1.35. The molecule has 2 saturated heterocycles. The lowest BCUT2D eigenvalue weighted by Crippen LogP contribution is -2.46. The molecule has 4 rings (SSSR count). The normalized spacial score (nSPS) is 21.0. The Hall–Kier alpha value is -2.98. The molecule has 2 aliphatic heterocycles. The molecule has 7 heteroatoms. The number of likely N-dealkylation sites (tertiary alicyclic amines) is 1. The van der Waals surface area contributed by atoms with E-state index in [2.05, 4.69) is 21.4 Å². The van der Waals surface area contributed by atoms with Gasteiger partial charge in [0.15, 0.2) is 0 Å². The number of nitriles is 1. The Kier molecular flexibility index (Phi) is 4.73. The maximum Gasteiger partial charge on any atom is 0.253 e. The van der Waals surface area contributed by atoms with Crippen LogP contribution in [-0.4, -0.2) is 52.1 Å². The van der Waals surface area contributed by atoms with Gasteiger partial charge in [0.2, 0.25) is 5.95 Å². The third-order valence-corrected chi connectivity index (χ3v) is 5.31. The van der Waals surface area contributed by atoms with Gasteiger partial charge in [0, 0.05) is 31.0 Å². The molecule has 1 amide bonds. The van der Waals surface area contributed by atoms with Crippen LogP contribution in [0.2, 0.25) is 0 Å². The lowest BCUT2D eigenvalue weighted by Gasteiger charge is -2.38. The highest BCUT2D eigenvalue weighted by atomic mass is 16.5. The third kappa shape index (κ3) is 3.76. The van der Waals surface area contributed by atoms with E-state index in [4.69, 9.17) is 10.00 Å². The van der Waals surface area contributed by atoms with E-state index in [0.717, 1.165) is 19.3 Å².